The summed E-state index contributed by atoms with van der Waals surface area (Å²) in [7, 11) is 0. The van der Waals surface area contributed by atoms with E-state index in [1.165, 1.54) is 12.8 Å². The van der Waals surface area contributed by atoms with Crippen LogP contribution in [0.15, 0.2) is 0 Å². The second kappa shape index (κ2) is 4.26. The van der Waals surface area contributed by atoms with E-state index in [0.29, 0.717) is 25.3 Å². The van der Waals surface area contributed by atoms with Crippen LogP contribution in [0.25, 0.3) is 0 Å². The maximum Gasteiger partial charge on any atom is 0.157 e. The van der Waals surface area contributed by atoms with Gasteiger partial charge in [0.1, 0.15) is 0 Å². The minimum atomic E-state index is -0.480. The molecule has 0 radical (unpaired) electrons. The van der Waals surface area contributed by atoms with E-state index >= 15 is 0 Å². The average molecular weight is 227 g/mol. The fourth-order valence-corrected chi connectivity index (χ4v) is 3.39. The van der Waals surface area contributed by atoms with Crippen LogP contribution in [0.2, 0.25) is 0 Å². The fraction of sp³-hybridized carbons (Fsp3) is 1.00. The van der Waals surface area contributed by atoms with Gasteiger partial charge in [-0.3, -0.25) is 0 Å². The van der Waals surface area contributed by atoms with Crippen LogP contribution in [0, 0.1) is 0 Å². The van der Waals surface area contributed by atoms with Crippen LogP contribution in [0.1, 0.15) is 38.5 Å². The lowest BCUT2D eigenvalue weighted by atomic mass is 9.84. The molecule has 2 unspecified atom stereocenters. The third kappa shape index (κ3) is 2.25. The third-order valence-electron chi connectivity index (χ3n) is 4.12. The number of hydrogen-bond donors (Lipinski definition) is 2. The van der Waals surface area contributed by atoms with Crippen molar-refractivity contribution in [2.75, 3.05) is 13.2 Å². The monoisotopic (exact) mass is 227 g/mol. The topological polar surface area (TPSA) is 50.7 Å². The maximum atomic E-state index is 10.6. The molecule has 0 aromatic rings. The van der Waals surface area contributed by atoms with Crippen molar-refractivity contribution in [2.45, 2.75) is 62.5 Å². The molecule has 0 aromatic carbocycles. The van der Waals surface area contributed by atoms with E-state index in [1.807, 2.05) is 0 Å². The van der Waals surface area contributed by atoms with Gasteiger partial charge in [-0.25, -0.2) is 0 Å². The first kappa shape index (κ1) is 11.0. The van der Waals surface area contributed by atoms with Crippen molar-refractivity contribution in [3.8, 4) is 0 Å². The molecule has 2 N–H and O–H groups in total. The minimum absolute atomic E-state index is 0.0726. The van der Waals surface area contributed by atoms with Crippen LogP contribution in [-0.2, 0) is 9.47 Å². The zero-order chi connectivity index (χ0) is 11.0. The lowest BCUT2D eigenvalue weighted by Gasteiger charge is -2.37. The van der Waals surface area contributed by atoms with Crippen LogP contribution in [-0.4, -0.2) is 42.3 Å². The van der Waals surface area contributed by atoms with E-state index in [2.05, 4.69) is 5.32 Å². The van der Waals surface area contributed by atoms with Crippen molar-refractivity contribution < 1.29 is 14.6 Å². The summed E-state index contributed by atoms with van der Waals surface area (Å²) in [4.78, 5) is 0. The van der Waals surface area contributed by atoms with Crippen LogP contribution >= 0.6 is 0 Å². The first-order chi connectivity index (χ1) is 7.73. The maximum absolute atomic E-state index is 10.6. The Morgan fingerprint density at radius 3 is 2.38 bits per heavy atom. The predicted molar refractivity (Wildman–Crippen MR) is 59.1 cm³/mol. The quantitative estimate of drug-likeness (QED) is 0.748. The summed E-state index contributed by atoms with van der Waals surface area (Å²) in [6.45, 7) is 1.41. The van der Waals surface area contributed by atoms with E-state index in [4.69, 9.17) is 9.47 Å². The van der Waals surface area contributed by atoms with Gasteiger partial charge in [0.25, 0.3) is 0 Å². The normalized spacial score (nSPS) is 44.1. The molecule has 3 rings (SSSR count). The highest BCUT2D eigenvalue weighted by molar-refractivity contribution is 4.99. The molecule has 4 heteroatoms. The Hall–Kier alpha value is -0.160. The van der Waals surface area contributed by atoms with Gasteiger partial charge in [0.2, 0.25) is 0 Å². The summed E-state index contributed by atoms with van der Waals surface area (Å²) in [5.74, 6) is 0. The van der Waals surface area contributed by atoms with Gasteiger partial charge < -0.3 is 19.9 Å². The summed E-state index contributed by atoms with van der Waals surface area (Å²) in [5, 5.41) is 14.1. The van der Waals surface area contributed by atoms with Crippen LogP contribution < -0.4 is 5.32 Å². The van der Waals surface area contributed by atoms with Gasteiger partial charge in [-0.05, 0) is 32.1 Å². The number of nitrogens with one attached hydrogen (secondary N) is 1. The van der Waals surface area contributed by atoms with E-state index in [-0.39, 0.29) is 6.29 Å². The summed E-state index contributed by atoms with van der Waals surface area (Å²) in [6, 6.07) is 1.07. The third-order valence-corrected chi connectivity index (χ3v) is 4.12. The highest BCUT2D eigenvalue weighted by Crippen LogP contribution is 2.37. The predicted octanol–water partition coefficient (Wildman–Crippen LogP) is 0.785. The molecule has 0 saturated carbocycles. The van der Waals surface area contributed by atoms with E-state index < -0.39 is 5.60 Å². The molecule has 3 aliphatic heterocycles. The second-order valence-electron chi connectivity index (χ2n) is 5.48. The standard InChI is InChI=1S/C12H21NO3/c14-12(4-3-11-15-5-6-16-11)7-9-1-2-10(8-12)13-9/h9-11,13-14H,1-8H2. The smallest absolute Gasteiger partial charge is 0.157 e. The number of fused-ring (bicyclic) bond motifs is 2. The van der Waals surface area contributed by atoms with Crippen LogP contribution in [0.3, 0.4) is 0 Å². The molecule has 3 aliphatic rings. The van der Waals surface area contributed by atoms with Crippen LogP contribution in [0.4, 0.5) is 0 Å². The number of hydrogen-bond acceptors (Lipinski definition) is 4. The molecule has 16 heavy (non-hydrogen) atoms. The van der Waals surface area contributed by atoms with Gasteiger partial charge in [-0.2, -0.15) is 0 Å². The minimum Gasteiger partial charge on any atom is -0.390 e. The molecule has 92 valence electrons. The van der Waals surface area contributed by atoms with Gasteiger partial charge in [-0.1, -0.05) is 0 Å². The van der Waals surface area contributed by atoms with Crippen molar-refractivity contribution in [3.05, 3.63) is 0 Å². The summed E-state index contributed by atoms with van der Waals surface area (Å²) < 4.78 is 10.8. The highest BCUT2D eigenvalue weighted by atomic mass is 16.7. The number of rotatable bonds is 3. The van der Waals surface area contributed by atoms with Crippen molar-refractivity contribution in [2.24, 2.45) is 0 Å². The Kier molecular flexibility index (Phi) is 2.92. The van der Waals surface area contributed by atoms with Gasteiger partial charge in [-0.15, -0.1) is 0 Å². The molecular formula is C12H21NO3. The van der Waals surface area contributed by atoms with E-state index in [0.717, 1.165) is 25.7 Å². The molecule has 2 bridgehead atoms. The van der Waals surface area contributed by atoms with Crippen LogP contribution in [0.5, 0.6) is 0 Å². The Bertz CT molecular complexity index is 241. The summed E-state index contributed by atoms with van der Waals surface area (Å²) in [5.41, 5.74) is -0.480. The lowest BCUT2D eigenvalue weighted by molar-refractivity contribution is -0.0771. The number of piperidine rings is 1. The fourth-order valence-electron chi connectivity index (χ4n) is 3.39. The molecule has 0 aliphatic carbocycles. The zero-order valence-corrected chi connectivity index (χ0v) is 9.65. The summed E-state index contributed by atoms with van der Waals surface area (Å²) in [6.07, 6.45) is 5.82. The van der Waals surface area contributed by atoms with Gasteiger partial charge in [0.05, 0.1) is 18.8 Å². The molecule has 3 heterocycles. The van der Waals surface area contributed by atoms with Gasteiger partial charge >= 0.3 is 0 Å². The SMILES string of the molecule is OC1(CCC2OCCO2)CC2CCC(C1)N2. The molecule has 4 nitrogen and oxygen atoms in total. The van der Waals surface area contributed by atoms with E-state index in [9.17, 15) is 5.11 Å². The van der Waals surface area contributed by atoms with E-state index in [1.54, 1.807) is 0 Å². The first-order valence-electron chi connectivity index (χ1n) is 6.45. The van der Waals surface area contributed by atoms with Crippen molar-refractivity contribution >= 4 is 0 Å². The largest absolute Gasteiger partial charge is 0.390 e. The van der Waals surface area contributed by atoms with Crippen molar-refractivity contribution in [1.29, 1.82) is 0 Å². The molecule has 0 amide bonds. The van der Waals surface area contributed by atoms with Crippen molar-refractivity contribution in [3.63, 3.8) is 0 Å². The Labute approximate surface area is 96.3 Å². The molecule has 2 atom stereocenters. The number of aliphatic hydroxyl groups is 1. The Balaban J connectivity index is 1.52. The molecule has 0 spiro atoms. The Morgan fingerprint density at radius 2 is 1.75 bits per heavy atom. The van der Waals surface area contributed by atoms with Crippen molar-refractivity contribution in [1.82, 2.24) is 5.32 Å². The molecule has 3 fully saturated rings. The lowest BCUT2D eigenvalue weighted by Crippen LogP contribution is -2.48. The molecular weight excluding hydrogens is 206 g/mol. The summed E-state index contributed by atoms with van der Waals surface area (Å²) >= 11 is 0. The zero-order valence-electron chi connectivity index (χ0n) is 9.65. The second-order valence-corrected chi connectivity index (χ2v) is 5.48. The first-order valence-corrected chi connectivity index (χ1v) is 6.45. The molecule has 0 aromatic heterocycles. The highest BCUT2D eigenvalue weighted by Gasteiger charge is 2.42. The van der Waals surface area contributed by atoms with Gasteiger partial charge in [0.15, 0.2) is 6.29 Å². The van der Waals surface area contributed by atoms with Gasteiger partial charge in [0, 0.05) is 18.5 Å². The number of ether oxygens (including phenoxy) is 2. The Morgan fingerprint density at radius 1 is 1.12 bits per heavy atom. The molecule has 3 saturated heterocycles. The average Bonchev–Trinajstić information content (AvgIpc) is 2.86.